The van der Waals surface area contributed by atoms with Gasteiger partial charge in [0.05, 0.1) is 0 Å². The van der Waals surface area contributed by atoms with E-state index in [0.717, 1.165) is 31.2 Å². The van der Waals surface area contributed by atoms with E-state index in [1.165, 1.54) is 32.1 Å². The monoisotopic (exact) mass is 223 g/mol. The molecule has 0 aromatic carbocycles. The molecule has 2 rings (SSSR count). The van der Waals surface area contributed by atoms with Gasteiger partial charge in [0, 0.05) is 19.0 Å². The van der Waals surface area contributed by atoms with E-state index in [-0.39, 0.29) is 0 Å². The topological polar surface area (TPSA) is 20.3 Å². The molecular formula is C14H25NO. The second-order valence-corrected chi connectivity index (χ2v) is 5.86. The van der Waals surface area contributed by atoms with E-state index >= 15 is 0 Å². The number of carbonyl (C=O) groups is 1. The van der Waals surface area contributed by atoms with Crippen LogP contribution in [-0.2, 0) is 4.79 Å². The molecule has 1 aliphatic heterocycles. The maximum atomic E-state index is 11.8. The van der Waals surface area contributed by atoms with Crippen LogP contribution in [-0.4, -0.2) is 23.4 Å². The second kappa shape index (κ2) is 5.20. The number of carbonyl (C=O) groups excluding carboxylic acids is 1. The minimum atomic E-state index is 0.416. The van der Waals surface area contributed by atoms with E-state index in [4.69, 9.17) is 0 Å². The molecule has 0 atom stereocenters. The summed E-state index contributed by atoms with van der Waals surface area (Å²) in [7, 11) is 0. The average Bonchev–Trinajstić information content (AvgIpc) is 2.30. The highest BCUT2D eigenvalue weighted by atomic mass is 16.2. The predicted octanol–water partition coefficient (Wildman–Crippen LogP) is 3.21. The normalized spacial score (nSPS) is 32.2. The van der Waals surface area contributed by atoms with Gasteiger partial charge in [-0.05, 0) is 50.4 Å². The fraction of sp³-hybridized carbons (Fsp3) is 0.929. The molecule has 2 nitrogen and oxygen atoms in total. The van der Waals surface area contributed by atoms with Gasteiger partial charge in [-0.3, -0.25) is 4.79 Å². The lowest BCUT2D eigenvalue weighted by atomic mass is 9.79. The molecule has 0 spiro atoms. The number of hydrogen-bond donors (Lipinski definition) is 0. The van der Waals surface area contributed by atoms with Crippen molar-refractivity contribution in [1.29, 1.82) is 0 Å². The van der Waals surface area contributed by atoms with Crippen LogP contribution in [0.3, 0.4) is 0 Å². The lowest BCUT2D eigenvalue weighted by Gasteiger charge is -2.39. The van der Waals surface area contributed by atoms with Gasteiger partial charge in [0.2, 0.25) is 5.91 Å². The Hall–Kier alpha value is -0.530. The van der Waals surface area contributed by atoms with Crippen molar-refractivity contribution in [3.8, 4) is 0 Å². The Bertz CT molecular complexity index is 241. The fourth-order valence-electron chi connectivity index (χ4n) is 3.29. The molecule has 0 aromatic rings. The molecule has 0 radical (unpaired) electrons. The summed E-state index contributed by atoms with van der Waals surface area (Å²) in [6.45, 7) is 5.68. The third-order valence-electron chi connectivity index (χ3n) is 4.48. The minimum absolute atomic E-state index is 0.416. The highest BCUT2D eigenvalue weighted by molar-refractivity contribution is 5.77. The first-order valence-electron chi connectivity index (χ1n) is 6.98. The van der Waals surface area contributed by atoms with E-state index in [0.29, 0.717) is 11.9 Å². The van der Waals surface area contributed by atoms with Crippen molar-refractivity contribution in [2.75, 3.05) is 6.54 Å². The lowest BCUT2D eigenvalue weighted by molar-refractivity contribution is -0.136. The Labute approximate surface area is 99.4 Å². The molecular weight excluding hydrogens is 198 g/mol. The van der Waals surface area contributed by atoms with Crippen LogP contribution in [0.4, 0.5) is 0 Å². The van der Waals surface area contributed by atoms with Crippen molar-refractivity contribution >= 4 is 5.91 Å². The van der Waals surface area contributed by atoms with Crippen LogP contribution in [0.15, 0.2) is 0 Å². The smallest absolute Gasteiger partial charge is 0.222 e. The molecule has 1 aliphatic carbocycles. The number of hydrogen-bond acceptors (Lipinski definition) is 1. The van der Waals surface area contributed by atoms with E-state index in [1.54, 1.807) is 0 Å². The Morgan fingerprint density at radius 2 is 1.81 bits per heavy atom. The highest BCUT2D eigenvalue weighted by Gasteiger charge is 2.30. The van der Waals surface area contributed by atoms with Gasteiger partial charge in [-0.25, -0.2) is 0 Å². The highest BCUT2D eigenvalue weighted by Crippen LogP contribution is 2.33. The van der Waals surface area contributed by atoms with Gasteiger partial charge in [0.1, 0.15) is 0 Å². The van der Waals surface area contributed by atoms with Gasteiger partial charge >= 0.3 is 0 Å². The summed E-state index contributed by atoms with van der Waals surface area (Å²) in [5.74, 6) is 2.13. The molecule has 2 aliphatic rings. The average molecular weight is 223 g/mol. The zero-order valence-corrected chi connectivity index (χ0v) is 10.7. The lowest BCUT2D eigenvalue weighted by Crippen LogP contribution is -2.45. The van der Waals surface area contributed by atoms with Crippen LogP contribution in [0.25, 0.3) is 0 Å². The molecule has 0 N–H and O–H groups in total. The summed E-state index contributed by atoms with van der Waals surface area (Å²) in [4.78, 5) is 14.0. The molecule has 1 saturated carbocycles. The van der Waals surface area contributed by atoms with Crippen LogP contribution >= 0.6 is 0 Å². The number of piperidine rings is 1. The summed E-state index contributed by atoms with van der Waals surface area (Å²) in [5.41, 5.74) is 0. The Balaban J connectivity index is 1.86. The summed E-state index contributed by atoms with van der Waals surface area (Å²) in [5, 5.41) is 0. The first kappa shape index (κ1) is 11.9. The van der Waals surface area contributed by atoms with Gasteiger partial charge in [-0.15, -0.1) is 0 Å². The fourth-order valence-corrected chi connectivity index (χ4v) is 3.29. The van der Waals surface area contributed by atoms with Crippen LogP contribution in [0.2, 0.25) is 0 Å². The van der Waals surface area contributed by atoms with Crippen molar-refractivity contribution in [3.63, 3.8) is 0 Å². The summed E-state index contributed by atoms with van der Waals surface area (Å²) < 4.78 is 0. The van der Waals surface area contributed by atoms with E-state index in [1.807, 2.05) is 0 Å². The van der Waals surface area contributed by atoms with Crippen LogP contribution in [0.1, 0.15) is 58.8 Å². The number of nitrogens with zero attached hydrogens (tertiary/aromatic N) is 1. The molecule has 1 saturated heterocycles. The molecule has 0 aromatic heterocycles. The third kappa shape index (κ3) is 2.58. The van der Waals surface area contributed by atoms with Gasteiger partial charge in [0.25, 0.3) is 0 Å². The zero-order valence-electron chi connectivity index (χ0n) is 10.7. The molecule has 92 valence electrons. The maximum absolute atomic E-state index is 11.8. The number of amides is 1. The summed E-state index contributed by atoms with van der Waals surface area (Å²) >= 11 is 0. The minimum Gasteiger partial charge on any atom is -0.340 e. The van der Waals surface area contributed by atoms with Crippen molar-refractivity contribution < 1.29 is 4.79 Å². The Kier molecular flexibility index (Phi) is 3.88. The largest absolute Gasteiger partial charge is 0.340 e. The molecule has 1 amide bonds. The van der Waals surface area contributed by atoms with Gasteiger partial charge in [-0.1, -0.05) is 13.8 Å². The molecule has 16 heavy (non-hydrogen) atoms. The first-order valence-corrected chi connectivity index (χ1v) is 6.98. The number of likely N-dealkylation sites (tertiary alicyclic amines) is 1. The molecule has 2 heteroatoms. The molecule has 1 heterocycles. The van der Waals surface area contributed by atoms with Crippen molar-refractivity contribution in [2.24, 2.45) is 11.8 Å². The molecule has 2 fully saturated rings. The van der Waals surface area contributed by atoms with Gasteiger partial charge < -0.3 is 4.90 Å². The van der Waals surface area contributed by atoms with Crippen LogP contribution < -0.4 is 0 Å². The van der Waals surface area contributed by atoms with Crippen LogP contribution in [0, 0.1) is 11.8 Å². The first-order chi connectivity index (χ1) is 7.68. The van der Waals surface area contributed by atoms with E-state index < -0.39 is 0 Å². The van der Waals surface area contributed by atoms with Gasteiger partial charge in [0.15, 0.2) is 0 Å². The Morgan fingerprint density at radius 1 is 1.12 bits per heavy atom. The molecule has 0 bridgehead atoms. The Morgan fingerprint density at radius 3 is 2.38 bits per heavy atom. The third-order valence-corrected chi connectivity index (χ3v) is 4.48. The van der Waals surface area contributed by atoms with E-state index in [9.17, 15) is 4.79 Å². The molecule has 0 unspecified atom stereocenters. The number of rotatable bonds is 2. The van der Waals surface area contributed by atoms with Gasteiger partial charge in [-0.2, -0.15) is 0 Å². The maximum Gasteiger partial charge on any atom is 0.222 e. The SMILES string of the molecule is CC(C)C1CCC(N2CCCCC2=O)CC1. The quantitative estimate of drug-likeness (QED) is 0.704. The second-order valence-electron chi connectivity index (χ2n) is 5.86. The van der Waals surface area contributed by atoms with Crippen LogP contribution in [0.5, 0.6) is 0 Å². The zero-order chi connectivity index (χ0) is 11.5. The summed E-state index contributed by atoms with van der Waals surface area (Å²) in [6, 6.07) is 0.572. The standard InChI is InChI=1S/C14H25NO/c1-11(2)12-6-8-13(9-7-12)15-10-4-3-5-14(15)16/h11-13H,3-10H2,1-2H3. The van der Waals surface area contributed by atoms with E-state index in [2.05, 4.69) is 18.7 Å². The predicted molar refractivity (Wildman–Crippen MR) is 66.1 cm³/mol. The van der Waals surface area contributed by atoms with Crippen molar-refractivity contribution in [1.82, 2.24) is 4.90 Å². The van der Waals surface area contributed by atoms with Crippen molar-refractivity contribution in [2.45, 2.75) is 64.8 Å². The van der Waals surface area contributed by atoms with Crippen molar-refractivity contribution in [3.05, 3.63) is 0 Å². The summed E-state index contributed by atoms with van der Waals surface area (Å²) in [6.07, 6.45) is 8.26.